The topological polar surface area (TPSA) is 74.2 Å². The molecule has 1 atom stereocenters. The lowest BCUT2D eigenvalue weighted by atomic mass is 9.84. The number of rotatable bonds is 6. The van der Waals surface area contributed by atoms with Crippen molar-refractivity contribution in [2.45, 2.75) is 51.9 Å². The smallest absolute Gasteiger partial charge is 0.226 e. The SMILES string of the molecule is CC(C)(CCN)CCc1nc(C2CCCOC2)no1. The summed E-state index contributed by atoms with van der Waals surface area (Å²) in [5.41, 5.74) is 5.85. The predicted molar refractivity (Wildman–Crippen MR) is 72.9 cm³/mol. The Labute approximate surface area is 114 Å². The number of nitrogens with zero attached hydrogens (tertiary/aromatic N) is 2. The standard InChI is InChI=1S/C14H25N3O2/c1-14(2,7-8-15)6-5-12-16-13(17-19-12)11-4-3-9-18-10-11/h11H,3-10,15H2,1-2H3. The van der Waals surface area contributed by atoms with E-state index < -0.39 is 0 Å². The van der Waals surface area contributed by atoms with Crippen molar-refractivity contribution in [1.29, 1.82) is 0 Å². The first-order valence-corrected chi connectivity index (χ1v) is 7.21. The molecule has 5 nitrogen and oxygen atoms in total. The summed E-state index contributed by atoms with van der Waals surface area (Å²) in [4.78, 5) is 4.51. The maximum atomic E-state index is 5.62. The summed E-state index contributed by atoms with van der Waals surface area (Å²) in [6.07, 6.45) is 5.04. The number of aromatic nitrogens is 2. The van der Waals surface area contributed by atoms with Crippen LogP contribution in [0.1, 0.15) is 57.2 Å². The molecule has 0 amide bonds. The molecule has 0 saturated carbocycles. The van der Waals surface area contributed by atoms with Crippen LogP contribution in [-0.2, 0) is 11.2 Å². The highest BCUT2D eigenvalue weighted by atomic mass is 16.5. The van der Waals surface area contributed by atoms with Gasteiger partial charge in [-0.3, -0.25) is 0 Å². The molecule has 0 radical (unpaired) electrons. The molecule has 108 valence electrons. The zero-order valence-corrected chi connectivity index (χ0v) is 12.0. The average molecular weight is 267 g/mol. The largest absolute Gasteiger partial charge is 0.381 e. The number of nitrogens with two attached hydrogens (primary N) is 1. The first-order chi connectivity index (χ1) is 9.11. The fraction of sp³-hybridized carbons (Fsp3) is 0.857. The molecule has 0 bridgehead atoms. The van der Waals surface area contributed by atoms with E-state index in [4.69, 9.17) is 15.0 Å². The molecule has 1 aromatic heterocycles. The summed E-state index contributed by atoms with van der Waals surface area (Å²) in [6.45, 7) is 6.76. The van der Waals surface area contributed by atoms with Crippen molar-refractivity contribution in [3.8, 4) is 0 Å². The zero-order chi connectivity index (χ0) is 13.7. The Hall–Kier alpha value is -0.940. The summed E-state index contributed by atoms with van der Waals surface area (Å²) >= 11 is 0. The van der Waals surface area contributed by atoms with E-state index in [-0.39, 0.29) is 5.41 Å². The summed E-state index contributed by atoms with van der Waals surface area (Å²) in [5, 5.41) is 4.10. The van der Waals surface area contributed by atoms with Gasteiger partial charge < -0.3 is 15.0 Å². The second-order valence-electron chi connectivity index (χ2n) is 6.16. The van der Waals surface area contributed by atoms with Crippen molar-refractivity contribution >= 4 is 0 Å². The van der Waals surface area contributed by atoms with Crippen LogP contribution >= 0.6 is 0 Å². The van der Waals surface area contributed by atoms with Crippen molar-refractivity contribution < 1.29 is 9.26 Å². The van der Waals surface area contributed by atoms with Crippen molar-refractivity contribution in [2.24, 2.45) is 11.1 Å². The lowest BCUT2D eigenvalue weighted by Crippen LogP contribution is -2.18. The second kappa shape index (κ2) is 6.48. The molecule has 2 heterocycles. The van der Waals surface area contributed by atoms with Crippen LogP contribution in [0.2, 0.25) is 0 Å². The highest BCUT2D eigenvalue weighted by Gasteiger charge is 2.23. The third-order valence-electron chi connectivity index (χ3n) is 3.85. The molecular weight excluding hydrogens is 242 g/mol. The molecule has 0 aliphatic carbocycles. The van der Waals surface area contributed by atoms with Gasteiger partial charge in [0.2, 0.25) is 5.89 Å². The summed E-state index contributed by atoms with van der Waals surface area (Å²) in [7, 11) is 0. The Morgan fingerprint density at radius 1 is 1.37 bits per heavy atom. The van der Waals surface area contributed by atoms with Crippen LogP contribution in [0.3, 0.4) is 0 Å². The van der Waals surface area contributed by atoms with E-state index in [2.05, 4.69) is 24.0 Å². The van der Waals surface area contributed by atoms with Crippen molar-refractivity contribution in [3.63, 3.8) is 0 Å². The van der Waals surface area contributed by atoms with E-state index in [9.17, 15) is 0 Å². The van der Waals surface area contributed by atoms with E-state index >= 15 is 0 Å². The minimum absolute atomic E-state index is 0.233. The lowest BCUT2D eigenvalue weighted by molar-refractivity contribution is 0.0773. The Balaban J connectivity index is 1.86. The first-order valence-electron chi connectivity index (χ1n) is 7.21. The first kappa shape index (κ1) is 14.5. The zero-order valence-electron chi connectivity index (χ0n) is 12.0. The molecule has 1 aliphatic heterocycles. The van der Waals surface area contributed by atoms with Crippen LogP contribution < -0.4 is 5.73 Å². The number of ether oxygens (including phenoxy) is 1. The van der Waals surface area contributed by atoms with Crippen LogP contribution in [0.15, 0.2) is 4.52 Å². The second-order valence-corrected chi connectivity index (χ2v) is 6.16. The Morgan fingerprint density at radius 2 is 2.21 bits per heavy atom. The van der Waals surface area contributed by atoms with Gasteiger partial charge in [-0.25, -0.2) is 0 Å². The Kier molecular flexibility index (Phi) is 4.93. The fourth-order valence-electron chi connectivity index (χ4n) is 2.44. The summed E-state index contributed by atoms with van der Waals surface area (Å²) in [5.74, 6) is 1.86. The maximum absolute atomic E-state index is 5.62. The lowest BCUT2D eigenvalue weighted by Gasteiger charge is -2.22. The molecule has 0 aromatic carbocycles. The predicted octanol–water partition coefficient (Wildman–Crippen LogP) is 2.27. The van der Waals surface area contributed by atoms with Gasteiger partial charge in [0, 0.05) is 18.9 Å². The van der Waals surface area contributed by atoms with Gasteiger partial charge in [0.15, 0.2) is 5.82 Å². The van der Waals surface area contributed by atoms with Crippen LogP contribution in [-0.4, -0.2) is 29.9 Å². The molecule has 5 heteroatoms. The average Bonchev–Trinajstić information content (AvgIpc) is 2.86. The van der Waals surface area contributed by atoms with E-state index in [0.29, 0.717) is 5.92 Å². The quantitative estimate of drug-likeness (QED) is 0.855. The minimum atomic E-state index is 0.233. The van der Waals surface area contributed by atoms with E-state index in [1.807, 2.05) is 0 Å². The maximum Gasteiger partial charge on any atom is 0.226 e. The molecule has 1 unspecified atom stereocenters. The van der Waals surface area contributed by atoms with Crippen molar-refractivity contribution in [1.82, 2.24) is 10.1 Å². The Bertz CT molecular complexity index is 384. The van der Waals surface area contributed by atoms with Gasteiger partial charge >= 0.3 is 0 Å². The van der Waals surface area contributed by atoms with E-state index in [1.54, 1.807) is 0 Å². The molecule has 1 aromatic rings. The number of hydrogen-bond acceptors (Lipinski definition) is 5. The molecule has 0 spiro atoms. The van der Waals surface area contributed by atoms with Crippen molar-refractivity contribution in [2.75, 3.05) is 19.8 Å². The van der Waals surface area contributed by atoms with E-state index in [0.717, 1.165) is 63.6 Å². The molecule has 19 heavy (non-hydrogen) atoms. The third-order valence-corrected chi connectivity index (χ3v) is 3.85. The third kappa shape index (κ3) is 4.28. The highest BCUT2D eigenvalue weighted by Crippen LogP contribution is 2.27. The van der Waals surface area contributed by atoms with Gasteiger partial charge in [0.05, 0.1) is 6.61 Å². The fourth-order valence-corrected chi connectivity index (χ4v) is 2.44. The molecule has 1 fully saturated rings. The van der Waals surface area contributed by atoms with Gasteiger partial charge in [0.25, 0.3) is 0 Å². The van der Waals surface area contributed by atoms with Crippen molar-refractivity contribution in [3.05, 3.63) is 11.7 Å². The van der Waals surface area contributed by atoms with E-state index in [1.165, 1.54) is 0 Å². The van der Waals surface area contributed by atoms with Crippen LogP contribution in [0.5, 0.6) is 0 Å². The van der Waals surface area contributed by atoms with Gasteiger partial charge in [-0.15, -0.1) is 0 Å². The summed E-state index contributed by atoms with van der Waals surface area (Å²) < 4.78 is 10.8. The number of aryl methyl sites for hydroxylation is 1. The van der Waals surface area contributed by atoms with Gasteiger partial charge in [-0.2, -0.15) is 4.98 Å². The molecule has 1 aliphatic rings. The van der Waals surface area contributed by atoms with Crippen LogP contribution in [0.25, 0.3) is 0 Å². The molecule has 2 rings (SSSR count). The highest BCUT2D eigenvalue weighted by molar-refractivity contribution is 4.97. The molecular formula is C14H25N3O2. The summed E-state index contributed by atoms with van der Waals surface area (Å²) in [6, 6.07) is 0. The monoisotopic (exact) mass is 267 g/mol. The van der Waals surface area contributed by atoms with Gasteiger partial charge in [-0.05, 0) is 37.6 Å². The molecule has 1 saturated heterocycles. The normalized spacial score (nSPS) is 20.7. The van der Waals surface area contributed by atoms with Gasteiger partial charge in [0.1, 0.15) is 0 Å². The van der Waals surface area contributed by atoms with Crippen LogP contribution in [0.4, 0.5) is 0 Å². The number of hydrogen-bond donors (Lipinski definition) is 1. The van der Waals surface area contributed by atoms with Crippen LogP contribution in [0, 0.1) is 5.41 Å². The minimum Gasteiger partial charge on any atom is -0.381 e. The molecule has 2 N–H and O–H groups in total. The van der Waals surface area contributed by atoms with Gasteiger partial charge in [-0.1, -0.05) is 19.0 Å². The Morgan fingerprint density at radius 3 is 2.89 bits per heavy atom.